The lowest BCUT2D eigenvalue weighted by molar-refractivity contribution is 0.802. The van der Waals surface area contributed by atoms with Crippen molar-refractivity contribution in [3.05, 3.63) is 11.4 Å². The Hall–Kier alpha value is -2.72. The summed E-state index contributed by atoms with van der Waals surface area (Å²) >= 11 is 0. The molecule has 1 aromatic rings. The van der Waals surface area contributed by atoms with E-state index in [4.69, 9.17) is 21.3 Å². The molecule has 0 aliphatic heterocycles. The van der Waals surface area contributed by atoms with Crippen LogP contribution in [0.1, 0.15) is 11.4 Å². The zero-order valence-corrected chi connectivity index (χ0v) is 6.89. The van der Waals surface area contributed by atoms with Gasteiger partial charge in [-0.1, -0.05) is 0 Å². The molecule has 0 saturated carbocycles. The minimum Gasteiger partial charge on any atom is -0.284 e. The van der Waals surface area contributed by atoms with E-state index >= 15 is 0 Å². The van der Waals surface area contributed by atoms with Crippen molar-refractivity contribution in [3.8, 4) is 18.2 Å². The molecule has 1 rings (SSSR count). The monoisotopic (exact) mass is 185 g/mol. The van der Waals surface area contributed by atoms with Crippen molar-refractivity contribution >= 4 is 5.95 Å². The fraction of sp³-hybridized carbons (Fsp3) is 0.143. The van der Waals surface area contributed by atoms with Gasteiger partial charge in [0.15, 0.2) is 11.4 Å². The number of nitrogens with one attached hydrogen (secondary N) is 1. The second-order valence-electron chi connectivity index (χ2n) is 2.19. The van der Waals surface area contributed by atoms with Crippen LogP contribution in [-0.4, -0.2) is 9.55 Å². The van der Waals surface area contributed by atoms with Crippen LogP contribution in [0.5, 0.6) is 0 Å². The molecule has 7 heteroatoms. The maximum atomic E-state index is 8.69. The van der Waals surface area contributed by atoms with Crippen molar-refractivity contribution in [1.82, 2.24) is 9.55 Å². The van der Waals surface area contributed by atoms with E-state index in [-0.39, 0.29) is 23.9 Å². The summed E-state index contributed by atoms with van der Waals surface area (Å²) in [4.78, 5) is 3.61. The van der Waals surface area contributed by atoms with Crippen LogP contribution >= 0.6 is 0 Å². The van der Waals surface area contributed by atoms with Gasteiger partial charge in [-0.05, 0) is 0 Å². The minimum absolute atomic E-state index is 0.0416. The summed E-state index contributed by atoms with van der Waals surface area (Å²) in [5.74, 6) is -0.111. The molecule has 0 fully saturated rings. The van der Waals surface area contributed by atoms with Gasteiger partial charge in [0.1, 0.15) is 18.7 Å². The summed E-state index contributed by atoms with van der Waals surface area (Å²) < 4.78 is 1.12. The number of hydrogen-bond donors (Lipinski definition) is 1. The summed E-state index contributed by atoms with van der Waals surface area (Å²) in [6.45, 7) is -0.157. The molecule has 0 spiro atoms. The van der Waals surface area contributed by atoms with Crippen molar-refractivity contribution in [2.75, 3.05) is 0 Å². The second-order valence-corrected chi connectivity index (χ2v) is 2.19. The Kier molecular flexibility index (Phi) is 2.54. The molecule has 14 heavy (non-hydrogen) atoms. The number of imidazole rings is 1. The third kappa shape index (κ3) is 1.28. The van der Waals surface area contributed by atoms with E-state index < -0.39 is 0 Å². The number of aromatic nitrogens is 2. The van der Waals surface area contributed by atoms with E-state index in [0.717, 1.165) is 4.57 Å². The van der Waals surface area contributed by atoms with Crippen molar-refractivity contribution < 1.29 is 0 Å². The number of nitriles is 3. The Balaban J connectivity index is 3.46. The van der Waals surface area contributed by atoms with Gasteiger partial charge in [0.25, 0.3) is 5.95 Å². The molecule has 7 nitrogen and oxygen atoms in total. The number of hydrogen-bond acceptors (Lipinski definition) is 6. The SMILES string of the molecule is N#CCn1c(N=N)nc(C#N)c1C#N. The predicted molar refractivity (Wildman–Crippen MR) is 42.1 cm³/mol. The molecule has 0 aliphatic carbocycles. The summed E-state index contributed by atoms with van der Waals surface area (Å²) in [5.41, 5.74) is 6.58. The minimum atomic E-state index is -0.157. The molecule has 0 saturated heterocycles. The van der Waals surface area contributed by atoms with Crippen LogP contribution in [0.2, 0.25) is 0 Å². The standard InChI is InChI=1S/C7H3N7/c8-1-2-14-6(4-10)5(3-9)12-7(14)13-11/h11H,2H2. The average Bonchev–Trinajstić information content (AvgIpc) is 2.56. The first-order valence-electron chi connectivity index (χ1n) is 3.43. The van der Waals surface area contributed by atoms with E-state index in [0.29, 0.717) is 0 Å². The van der Waals surface area contributed by atoms with Crippen LogP contribution < -0.4 is 0 Å². The predicted octanol–water partition coefficient (Wildman–Crippen LogP) is 0.813. The van der Waals surface area contributed by atoms with E-state index in [9.17, 15) is 0 Å². The van der Waals surface area contributed by atoms with Gasteiger partial charge in [-0.3, -0.25) is 4.57 Å². The number of rotatable bonds is 2. The van der Waals surface area contributed by atoms with E-state index in [1.165, 1.54) is 0 Å². The van der Waals surface area contributed by atoms with Crippen molar-refractivity contribution in [2.45, 2.75) is 6.54 Å². The van der Waals surface area contributed by atoms with Gasteiger partial charge in [0.2, 0.25) is 0 Å². The Morgan fingerprint density at radius 1 is 1.36 bits per heavy atom. The van der Waals surface area contributed by atoms with Gasteiger partial charge in [0.05, 0.1) is 6.07 Å². The molecule has 1 N–H and O–H groups in total. The van der Waals surface area contributed by atoms with Crippen LogP contribution in [0.3, 0.4) is 0 Å². The highest BCUT2D eigenvalue weighted by molar-refractivity contribution is 5.43. The van der Waals surface area contributed by atoms with Gasteiger partial charge in [-0.2, -0.15) is 20.8 Å². The topological polar surface area (TPSA) is 125 Å². The van der Waals surface area contributed by atoms with Crippen molar-refractivity contribution in [1.29, 1.82) is 21.3 Å². The molecular weight excluding hydrogens is 182 g/mol. The zero-order chi connectivity index (χ0) is 10.6. The quantitative estimate of drug-likeness (QED) is 0.684. The Labute approximate surface area is 78.9 Å². The van der Waals surface area contributed by atoms with Crippen LogP contribution in [0.4, 0.5) is 5.95 Å². The second kappa shape index (κ2) is 3.79. The van der Waals surface area contributed by atoms with Gasteiger partial charge in [-0.25, -0.2) is 5.53 Å². The third-order valence-electron chi connectivity index (χ3n) is 1.49. The molecular formula is C7H3N7. The van der Waals surface area contributed by atoms with E-state index in [2.05, 4.69) is 10.1 Å². The molecule has 1 heterocycles. The van der Waals surface area contributed by atoms with Crippen LogP contribution in [0.25, 0.3) is 0 Å². The van der Waals surface area contributed by atoms with Gasteiger partial charge < -0.3 is 0 Å². The number of nitrogens with zero attached hydrogens (tertiary/aromatic N) is 6. The zero-order valence-electron chi connectivity index (χ0n) is 6.89. The maximum absolute atomic E-state index is 8.69. The summed E-state index contributed by atoms with van der Waals surface area (Å²) in [6.07, 6.45) is 0. The fourth-order valence-corrected chi connectivity index (χ4v) is 0.938. The first kappa shape index (κ1) is 9.37. The average molecular weight is 185 g/mol. The Morgan fingerprint density at radius 3 is 2.50 bits per heavy atom. The van der Waals surface area contributed by atoms with Crippen molar-refractivity contribution in [3.63, 3.8) is 0 Å². The van der Waals surface area contributed by atoms with Gasteiger partial charge >= 0.3 is 0 Å². The fourth-order valence-electron chi connectivity index (χ4n) is 0.938. The molecule has 0 atom stereocenters. The molecule has 0 amide bonds. The highest BCUT2D eigenvalue weighted by Crippen LogP contribution is 2.16. The van der Waals surface area contributed by atoms with E-state index in [1.54, 1.807) is 18.2 Å². The largest absolute Gasteiger partial charge is 0.284 e. The van der Waals surface area contributed by atoms with E-state index in [1.807, 2.05) is 0 Å². The Morgan fingerprint density at radius 2 is 2.07 bits per heavy atom. The third-order valence-corrected chi connectivity index (χ3v) is 1.49. The Bertz CT molecular complexity index is 490. The highest BCUT2D eigenvalue weighted by Gasteiger charge is 2.15. The lowest BCUT2D eigenvalue weighted by Gasteiger charge is -1.96. The van der Waals surface area contributed by atoms with Crippen molar-refractivity contribution in [2.24, 2.45) is 5.11 Å². The smallest absolute Gasteiger partial charge is 0.252 e. The molecule has 1 aromatic heterocycles. The van der Waals surface area contributed by atoms with Crippen LogP contribution in [0.15, 0.2) is 5.11 Å². The normalized spacial score (nSPS) is 8.36. The summed E-state index contributed by atoms with van der Waals surface area (Å²) in [5, 5.41) is 28.7. The van der Waals surface area contributed by atoms with Gasteiger partial charge in [-0.15, -0.1) is 5.11 Å². The first-order chi connectivity index (χ1) is 6.78. The molecule has 0 aliphatic rings. The van der Waals surface area contributed by atoms with Gasteiger partial charge in [0, 0.05) is 0 Å². The molecule has 0 radical (unpaired) electrons. The van der Waals surface area contributed by atoms with Crippen LogP contribution in [-0.2, 0) is 6.54 Å². The molecule has 66 valence electrons. The van der Waals surface area contributed by atoms with Crippen LogP contribution in [0, 0.1) is 39.5 Å². The summed E-state index contributed by atoms with van der Waals surface area (Å²) in [7, 11) is 0. The summed E-state index contributed by atoms with van der Waals surface area (Å²) in [6, 6.07) is 5.22. The highest BCUT2D eigenvalue weighted by atomic mass is 15.2. The molecule has 0 unspecified atom stereocenters. The molecule has 0 aromatic carbocycles. The molecule has 0 bridgehead atoms. The lowest BCUT2D eigenvalue weighted by atomic mass is 10.3. The lowest BCUT2D eigenvalue weighted by Crippen LogP contribution is -1.98. The first-order valence-corrected chi connectivity index (χ1v) is 3.43. The maximum Gasteiger partial charge on any atom is 0.252 e.